The van der Waals surface area contributed by atoms with Crippen molar-refractivity contribution in [2.75, 3.05) is 19.6 Å². The second-order valence-electron chi connectivity index (χ2n) is 7.12. The number of hydrogen-bond donors (Lipinski definition) is 1. The van der Waals surface area contributed by atoms with Crippen molar-refractivity contribution >= 4 is 11.8 Å². The molecule has 0 atom stereocenters. The highest BCUT2D eigenvalue weighted by molar-refractivity contribution is 5.95. The van der Waals surface area contributed by atoms with Crippen LogP contribution in [-0.4, -0.2) is 36.3 Å². The third-order valence-corrected chi connectivity index (χ3v) is 5.06. The van der Waals surface area contributed by atoms with Crippen LogP contribution >= 0.6 is 0 Å². The SMILES string of the molecule is O=C(NCCCN1CCCCCC1=O)c1ccccc1Cc1ccccc1. The molecule has 4 heteroatoms. The second-order valence-corrected chi connectivity index (χ2v) is 7.12. The third-order valence-electron chi connectivity index (χ3n) is 5.06. The number of hydrogen-bond acceptors (Lipinski definition) is 2. The summed E-state index contributed by atoms with van der Waals surface area (Å²) in [6, 6.07) is 17.9. The van der Waals surface area contributed by atoms with Crippen molar-refractivity contribution in [1.29, 1.82) is 0 Å². The lowest BCUT2D eigenvalue weighted by molar-refractivity contribution is -0.130. The maximum atomic E-state index is 12.6. The monoisotopic (exact) mass is 364 g/mol. The van der Waals surface area contributed by atoms with Gasteiger partial charge < -0.3 is 10.2 Å². The van der Waals surface area contributed by atoms with Gasteiger partial charge in [0.1, 0.15) is 0 Å². The Morgan fingerprint density at radius 2 is 1.74 bits per heavy atom. The van der Waals surface area contributed by atoms with Crippen LogP contribution in [0.1, 0.15) is 53.6 Å². The molecule has 1 heterocycles. The Balaban J connectivity index is 1.51. The van der Waals surface area contributed by atoms with Gasteiger partial charge in [0, 0.05) is 31.6 Å². The summed E-state index contributed by atoms with van der Waals surface area (Å²) >= 11 is 0. The molecular formula is C23H28N2O2. The van der Waals surface area contributed by atoms with Crippen molar-refractivity contribution in [3.05, 3.63) is 71.3 Å². The standard InChI is InChI=1S/C23H28N2O2/c26-22-14-5-2-8-16-25(22)17-9-15-24-23(27)21-13-7-6-12-20(21)18-19-10-3-1-4-11-19/h1,3-4,6-7,10-13H,2,5,8-9,14-18H2,(H,24,27). The van der Waals surface area contributed by atoms with Crippen molar-refractivity contribution < 1.29 is 9.59 Å². The topological polar surface area (TPSA) is 49.4 Å². The van der Waals surface area contributed by atoms with Gasteiger partial charge in [-0.1, -0.05) is 55.0 Å². The van der Waals surface area contributed by atoms with Crippen molar-refractivity contribution in [3.8, 4) is 0 Å². The summed E-state index contributed by atoms with van der Waals surface area (Å²) in [4.78, 5) is 26.6. The molecular weight excluding hydrogens is 336 g/mol. The van der Waals surface area contributed by atoms with Gasteiger partial charge in [0.2, 0.25) is 5.91 Å². The molecule has 1 saturated heterocycles. The Bertz CT molecular complexity index is 758. The van der Waals surface area contributed by atoms with Gasteiger partial charge >= 0.3 is 0 Å². The van der Waals surface area contributed by atoms with Gasteiger partial charge in [-0.3, -0.25) is 9.59 Å². The van der Waals surface area contributed by atoms with Crippen LogP contribution in [0.5, 0.6) is 0 Å². The van der Waals surface area contributed by atoms with Gasteiger partial charge in [0.25, 0.3) is 5.91 Å². The number of likely N-dealkylation sites (tertiary alicyclic amines) is 1. The van der Waals surface area contributed by atoms with Crippen LogP contribution in [0.25, 0.3) is 0 Å². The van der Waals surface area contributed by atoms with Crippen molar-refractivity contribution in [1.82, 2.24) is 10.2 Å². The maximum absolute atomic E-state index is 12.6. The molecule has 0 saturated carbocycles. The largest absolute Gasteiger partial charge is 0.352 e. The predicted octanol–water partition coefficient (Wildman–Crippen LogP) is 3.80. The Morgan fingerprint density at radius 3 is 2.59 bits per heavy atom. The van der Waals surface area contributed by atoms with Gasteiger partial charge in [-0.2, -0.15) is 0 Å². The van der Waals surface area contributed by atoms with Gasteiger partial charge in [0.05, 0.1) is 0 Å². The smallest absolute Gasteiger partial charge is 0.251 e. The first-order chi connectivity index (χ1) is 13.2. The summed E-state index contributed by atoms with van der Waals surface area (Å²) in [7, 11) is 0. The molecule has 0 bridgehead atoms. The summed E-state index contributed by atoms with van der Waals surface area (Å²) in [5, 5.41) is 3.02. The molecule has 0 spiro atoms. The molecule has 2 aromatic carbocycles. The van der Waals surface area contributed by atoms with E-state index in [9.17, 15) is 9.59 Å². The number of nitrogens with zero attached hydrogens (tertiary/aromatic N) is 1. The highest BCUT2D eigenvalue weighted by Crippen LogP contribution is 2.15. The zero-order chi connectivity index (χ0) is 18.9. The van der Waals surface area contributed by atoms with Crippen LogP contribution in [0.15, 0.2) is 54.6 Å². The molecule has 0 aromatic heterocycles. The average molecular weight is 364 g/mol. The van der Waals surface area contributed by atoms with Crippen molar-refractivity contribution in [3.63, 3.8) is 0 Å². The van der Waals surface area contributed by atoms with E-state index < -0.39 is 0 Å². The molecule has 2 amide bonds. The average Bonchev–Trinajstić information content (AvgIpc) is 2.90. The number of benzene rings is 2. The first kappa shape index (κ1) is 19.2. The van der Waals surface area contributed by atoms with Gasteiger partial charge in [-0.15, -0.1) is 0 Å². The molecule has 1 fully saturated rings. The normalized spacial score (nSPS) is 14.7. The predicted molar refractivity (Wildman–Crippen MR) is 108 cm³/mol. The minimum absolute atomic E-state index is 0.0382. The lowest BCUT2D eigenvalue weighted by Gasteiger charge is -2.20. The summed E-state index contributed by atoms with van der Waals surface area (Å²) in [6.45, 7) is 2.17. The summed E-state index contributed by atoms with van der Waals surface area (Å²) in [5.41, 5.74) is 2.95. The van der Waals surface area contributed by atoms with E-state index in [0.29, 0.717) is 13.0 Å². The molecule has 142 valence electrons. The minimum Gasteiger partial charge on any atom is -0.352 e. The molecule has 4 nitrogen and oxygen atoms in total. The number of carbonyl (C=O) groups excluding carboxylic acids is 2. The van der Waals surface area contributed by atoms with Gasteiger partial charge in [-0.05, 0) is 42.9 Å². The summed E-state index contributed by atoms with van der Waals surface area (Å²) < 4.78 is 0. The van der Waals surface area contributed by atoms with Gasteiger partial charge in [0.15, 0.2) is 0 Å². The Labute approximate surface area is 161 Å². The number of carbonyl (C=O) groups is 2. The van der Waals surface area contributed by atoms with Crippen LogP contribution in [0.3, 0.4) is 0 Å². The molecule has 0 radical (unpaired) electrons. The molecule has 0 aliphatic carbocycles. The zero-order valence-electron chi connectivity index (χ0n) is 15.8. The van der Waals surface area contributed by atoms with Crippen LogP contribution in [0.4, 0.5) is 0 Å². The van der Waals surface area contributed by atoms with E-state index in [0.717, 1.165) is 56.3 Å². The van der Waals surface area contributed by atoms with E-state index in [1.165, 1.54) is 5.56 Å². The number of rotatable bonds is 7. The van der Waals surface area contributed by atoms with Crippen LogP contribution in [-0.2, 0) is 11.2 Å². The van der Waals surface area contributed by atoms with E-state index in [-0.39, 0.29) is 11.8 Å². The fourth-order valence-corrected chi connectivity index (χ4v) is 3.55. The highest BCUT2D eigenvalue weighted by Gasteiger charge is 2.16. The molecule has 1 aliphatic rings. The van der Waals surface area contributed by atoms with Gasteiger partial charge in [-0.25, -0.2) is 0 Å². The molecule has 1 aliphatic heterocycles. The first-order valence-electron chi connectivity index (χ1n) is 9.92. The van der Waals surface area contributed by atoms with E-state index >= 15 is 0 Å². The fraction of sp³-hybridized carbons (Fsp3) is 0.391. The Morgan fingerprint density at radius 1 is 0.963 bits per heavy atom. The quantitative estimate of drug-likeness (QED) is 0.760. The minimum atomic E-state index is -0.0382. The van der Waals surface area contributed by atoms with Crippen LogP contribution in [0.2, 0.25) is 0 Å². The highest BCUT2D eigenvalue weighted by atomic mass is 16.2. The lowest BCUT2D eigenvalue weighted by Crippen LogP contribution is -2.34. The van der Waals surface area contributed by atoms with Crippen LogP contribution < -0.4 is 5.32 Å². The number of amides is 2. The summed E-state index contributed by atoms with van der Waals surface area (Å²) in [5.74, 6) is 0.218. The van der Waals surface area contributed by atoms with E-state index in [4.69, 9.17) is 0 Å². The molecule has 3 rings (SSSR count). The fourth-order valence-electron chi connectivity index (χ4n) is 3.55. The zero-order valence-corrected chi connectivity index (χ0v) is 15.8. The van der Waals surface area contributed by atoms with Crippen LogP contribution in [0, 0.1) is 0 Å². The second kappa shape index (κ2) is 9.91. The Kier molecular flexibility index (Phi) is 7.03. The van der Waals surface area contributed by atoms with E-state index in [1.807, 2.05) is 47.4 Å². The maximum Gasteiger partial charge on any atom is 0.251 e. The van der Waals surface area contributed by atoms with Crippen molar-refractivity contribution in [2.24, 2.45) is 0 Å². The van der Waals surface area contributed by atoms with E-state index in [1.54, 1.807) is 0 Å². The molecule has 1 N–H and O–H groups in total. The lowest BCUT2D eigenvalue weighted by atomic mass is 9.99. The summed E-state index contributed by atoms with van der Waals surface area (Å²) in [6.07, 6.45) is 5.43. The molecule has 2 aromatic rings. The number of nitrogens with one attached hydrogen (secondary N) is 1. The van der Waals surface area contributed by atoms with Crippen molar-refractivity contribution in [2.45, 2.75) is 38.5 Å². The molecule has 27 heavy (non-hydrogen) atoms. The third kappa shape index (κ3) is 5.68. The first-order valence-corrected chi connectivity index (χ1v) is 9.92. The molecule has 0 unspecified atom stereocenters. The Hall–Kier alpha value is -2.62. The van der Waals surface area contributed by atoms with E-state index in [2.05, 4.69) is 17.4 Å².